The summed E-state index contributed by atoms with van der Waals surface area (Å²) in [6, 6.07) is 17.7. The molecular weight excluding hydrogens is 330 g/mol. The first kappa shape index (κ1) is 19.7. The van der Waals surface area contributed by atoms with Gasteiger partial charge in [0.2, 0.25) is 0 Å². The van der Waals surface area contributed by atoms with Gasteiger partial charge in [-0.25, -0.2) is 0 Å². The summed E-state index contributed by atoms with van der Waals surface area (Å²) in [7, 11) is 0. The number of carbonyl (C=O) groups excluding carboxylic acids is 2. The standard InChI is InChI=1S/C21H25NO4/c1-21(2,3)26-18(23)14-17(22)20(24)25-19(15-10-6-4-7-11-15)16-12-8-5-9-13-16/h4-13,17,19H,14,22H2,1-3H3. The van der Waals surface area contributed by atoms with Crippen molar-refractivity contribution < 1.29 is 19.1 Å². The molecule has 5 heteroatoms. The Labute approximate surface area is 154 Å². The minimum absolute atomic E-state index is 0.230. The minimum atomic E-state index is -1.08. The molecule has 0 spiro atoms. The molecule has 0 amide bonds. The van der Waals surface area contributed by atoms with E-state index in [1.165, 1.54) is 0 Å². The van der Waals surface area contributed by atoms with Crippen LogP contribution in [0.2, 0.25) is 0 Å². The summed E-state index contributed by atoms with van der Waals surface area (Å²) in [5.74, 6) is -1.17. The molecule has 0 fully saturated rings. The highest BCUT2D eigenvalue weighted by Crippen LogP contribution is 2.26. The molecular formula is C21H25NO4. The number of ether oxygens (including phenoxy) is 2. The summed E-state index contributed by atoms with van der Waals surface area (Å²) in [5, 5.41) is 0. The minimum Gasteiger partial charge on any atom is -0.460 e. The Balaban J connectivity index is 2.10. The predicted octanol–water partition coefficient (Wildman–Crippen LogP) is 3.38. The van der Waals surface area contributed by atoms with Crippen molar-refractivity contribution in [3.63, 3.8) is 0 Å². The zero-order valence-corrected chi connectivity index (χ0v) is 15.3. The maximum absolute atomic E-state index is 12.4. The van der Waals surface area contributed by atoms with Gasteiger partial charge in [0.15, 0.2) is 6.10 Å². The van der Waals surface area contributed by atoms with Crippen LogP contribution in [0.3, 0.4) is 0 Å². The Morgan fingerprint density at radius 2 is 1.38 bits per heavy atom. The van der Waals surface area contributed by atoms with Crippen molar-refractivity contribution in [3.8, 4) is 0 Å². The van der Waals surface area contributed by atoms with Gasteiger partial charge in [-0.15, -0.1) is 0 Å². The lowest BCUT2D eigenvalue weighted by atomic mass is 10.0. The second-order valence-corrected chi connectivity index (χ2v) is 7.04. The van der Waals surface area contributed by atoms with Crippen molar-refractivity contribution in [1.82, 2.24) is 0 Å². The Kier molecular flexibility index (Phi) is 6.52. The number of carbonyl (C=O) groups is 2. The van der Waals surface area contributed by atoms with Crippen LogP contribution in [0.5, 0.6) is 0 Å². The van der Waals surface area contributed by atoms with Gasteiger partial charge >= 0.3 is 11.9 Å². The summed E-state index contributed by atoms with van der Waals surface area (Å²) >= 11 is 0. The van der Waals surface area contributed by atoms with E-state index in [0.717, 1.165) is 11.1 Å². The summed E-state index contributed by atoms with van der Waals surface area (Å²) in [6.07, 6.45) is -0.818. The molecule has 2 rings (SSSR count). The highest BCUT2D eigenvalue weighted by atomic mass is 16.6. The summed E-state index contributed by atoms with van der Waals surface area (Å²) in [4.78, 5) is 24.3. The van der Waals surface area contributed by atoms with Gasteiger partial charge < -0.3 is 15.2 Å². The first-order valence-electron chi connectivity index (χ1n) is 8.54. The molecule has 0 aliphatic rings. The van der Waals surface area contributed by atoms with Gasteiger partial charge in [-0.3, -0.25) is 9.59 Å². The largest absolute Gasteiger partial charge is 0.460 e. The molecule has 1 unspecified atom stereocenters. The van der Waals surface area contributed by atoms with E-state index in [9.17, 15) is 9.59 Å². The third kappa shape index (κ3) is 6.01. The molecule has 0 aromatic heterocycles. The quantitative estimate of drug-likeness (QED) is 0.804. The first-order chi connectivity index (χ1) is 12.3. The summed E-state index contributed by atoms with van der Waals surface area (Å²) in [6.45, 7) is 5.28. The van der Waals surface area contributed by atoms with Crippen LogP contribution >= 0.6 is 0 Å². The van der Waals surface area contributed by atoms with Crippen molar-refractivity contribution in [3.05, 3.63) is 71.8 Å². The average Bonchev–Trinajstić information content (AvgIpc) is 2.59. The Bertz CT molecular complexity index is 683. The zero-order valence-electron chi connectivity index (χ0n) is 15.3. The maximum Gasteiger partial charge on any atom is 0.324 e. The van der Waals surface area contributed by atoms with Gasteiger partial charge in [-0.2, -0.15) is 0 Å². The molecule has 2 N–H and O–H groups in total. The first-order valence-corrected chi connectivity index (χ1v) is 8.54. The Morgan fingerprint density at radius 3 is 1.81 bits per heavy atom. The van der Waals surface area contributed by atoms with Crippen molar-refractivity contribution in [2.24, 2.45) is 5.73 Å². The van der Waals surface area contributed by atoms with Gasteiger partial charge in [0.25, 0.3) is 0 Å². The lowest BCUT2D eigenvalue weighted by molar-refractivity contribution is -0.160. The van der Waals surface area contributed by atoms with Crippen LogP contribution in [0.1, 0.15) is 44.4 Å². The Hall–Kier alpha value is -2.66. The molecule has 0 heterocycles. The lowest BCUT2D eigenvalue weighted by Crippen LogP contribution is -2.37. The normalized spacial score (nSPS) is 12.5. The number of nitrogens with two attached hydrogens (primary N) is 1. The second kappa shape index (κ2) is 8.63. The van der Waals surface area contributed by atoms with Gasteiger partial charge in [-0.05, 0) is 31.9 Å². The van der Waals surface area contributed by atoms with Crippen molar-refractivity contribution in [2.45, 2.75) is 44.9 Å². The molecule has 138 valence electrons. The molecule has 0 aliphatic carbocycles. The van der Waals surface area contributed by atoms with E-state index in [4.69, 9.17) is 15.2 Å². The molecule has 0 bridgehead atoms. The number of esters is 2. The number of hydrogen-bond acceptors (Lipinski definition) is 5. The van der Waals surface area contributed by atoms with E-state index in [1.54, 1.807) is 20.8 Å². The van der Waals surface area contributed by atoms with Crippen LogP contribution in [0.15, 0.2) is 60.7 Å². The van der Waals surface area contributed by atoms with E-state index in [1.807, 2.05) is 60.7 Å². The lowest BCUT2D eigenvalue weighted by Gasteiger charge is -2.22. The van der Waals surface area contributed by atoms with Crippen molar-refractivity contribution >= 4 is 11.9 Å². The van der Waals surface area contributed by atoms with Crippen LogP contribution < -0.4 is 5.73 Å². The maximum atomic E-state index is 12.4. The van der Waals surface area contributed by atoms with Crippen LogP contribution in [0.4, 0.5) is 0 Å². The highest BCUT2D eigenvalue weighted by molar-refractivity contribution is 5.83. The molecule has 0 saturated heterocycles. The van der Waals surface area contributed by atoms with Crippen molar-refractivity contribution in [1.29, 1.82) is 0 Å². The van der Waals surface area contributed by atoms with E-state index < -0.39 is 29.7 Å². The molecule has 2 aromatic rings. The van der Waals surface area contributed by atoms with E-state index >= 15 is 0 Å². The second-order valence-electron chi connectivity index (χ2n) is 7.04. The fourth-order valence-corrected chi connectivity index (χ4v) is 2.43. The summed E-state index contributed by atoms with van der Waals surface area (Å²) < 4.78 is 10.8. The number of hydrogen-bond donors (Lipinski definition) is 1. The van der Waals surface area contributed by atoms with Crippen molar-refractivity contribution in [2.75, 3.05) is 0 Å². The highest BCUT2D eigenvalue weighted by Gasteiger charge is 2.27. The van der Waals surface area contributed by atoms with Crippen LogP contribution in [-0.2, 0) is 19.1 Å². The SMILES string of the molecule is CC(C)(C)OC(=O)CC(N)C(=O)OC(c1ccccc1)c1ccccc1. The molecule has 26 heavy (non-hydrogen) atoms. The smallest absolute Gasteiger partial charge is 0.324 e. The predicted molar refractivity (Wildman–Crippen MR) is 99.3 cm³/mol. The average molecular weight is 355 g/mol. The number of benzene rings is 2. The van der Waals surface area contributed by atoms with Gasteiger partial charge in [-0.1, -0.05) is 60.7 Å². The summed E-state index contributed by atoms with van der Waals surface area (Å²) in [5.41, 5.74) is 6.90. The van der Waals surface area contributed by atoms with E-state index in [0.29, 0.717) is 0 Å². The molecule has 0 saturated carbocycles. The fraction of sp³-hybridized carbons (Fsp3) is 0.333. The van der Waals surface area contributed by atoms with Gasteiger partial charge in [0.1, 0.15) is 11.6 Å². The number of rotatable bonds is 6. The third-order valence-corrected chi connectivity index (χ3v) is 3.55. The van der Waals surface area contributed by atoms with Gasteiger partial charge in [0, 0.05) is 0 Å². The van der Waals surface area contributed by atoms with E-state index in [2.05, 4.69) is 0 Å². The molecule has 0 aliphatic heterocycles. The van der Waals surface area contributed by atoms with Crippen LogP contribution in [-0.4, -0.2) is 23.6 Å². The molecule has 0 radical (unpaired) electrons. The van der Waals surface area contributed by atoms with Gasteiger partial charge in [0.05, 0.1) is 6.42 Å². The molecule has 1 atom stereocenters. The monoisotopic (exact) mass is 355 g/mol. The zero-order chi connectivity index (χ0) is 19.2. The Morgan fingerprint density at radius 1 is 0.923 bits per heavy atom. The van der Waals surface area contributed by atoms with Crippen LogP contribution in [0.25, 0.3) is 0 Å². The fourth-order valence-electron chi connectivity index (χ4n) is 2.43. The topological polar surface area (TPSA) is 78.6 Å². The van der Waals surface area contributed by atoms with Crippen LogP contribution in [0, 0.1) is 0 Å². The molecule has 2 aromatic carbocycles. The third-order valence-electron chi connectivity index (χ3n) is 3.55. The van der Waals surface area contributed by atoms with E-state index in [-0.39, 0.29) is 6.42 Å². The molecule has 5 nitrogen and oxygen atoms in total.